The summed E-state index contributed by atoms with van der Waals surface area (Å²) >= 11 is 0. The summed E-state index contributed by atoms with van der Waals surface area (Å²) in [7, 11) is 0. The fourth-order valence-electron chi connectivity index (χ4n) is 3.15. The van der Waals surface area contributed by atoms with Crippen LogP contribution in [0.3, 0.4) is 0 Å². The predicted octanol–water partition coefficient (Wildman–Crippen LogP) is 4.00. The van der Waals surface area contributed by atoms with Gasteiger partial charge in [0.25, 0.3) is 0 Å². The molecule has 2 nitrogen and oxygen atoms in total. The highest BCUT2D eigenvalue weighted by Gasteiger charge is 2.33. The molecule has 0 radical (unpaired) electrons. The van der Waals surface area contributed by atoms with E-state index in [9.17, 15) is 4.39 Å². The fourth-order valence-corrected chi connectivity index (χ4v) is 3.15. The van der Waals surface area contributed by atoms with Crippen molar-refractivity contribution in [1.82, 2.24) is 0 Å². The molecule has 1 aromatic rings. The fraction of sp³-hybridized carbons (Fsp3) is 0.600. The lowest BCUT2D eigenvalue weighted by atomic mass is 9.71. The number of hydrogen-bond acceptors (Lipinski definition) is 2. The van der Waals surface area contributed by atoms with Crippen molar-refractivity contribution in [2.75, 3.05) is 5.73 Å². The van der Waals surface area contributed by atoms with E-state index in [1.54, 1.807) is 12.1 Å². The Bertz CT molecular complexity index is 431. The predicted molar refractivity (Wildman–Crippen MR) is 72.0 cm³/mol. The Balaban J connectivity index is 2.11. The maximum atomic E-state index is 13.4. The van der Waals surface area contributed by atoms with Gasteiger partial charge < -0.3 is 10.5 Å². The summed E-state index contributed by atoms with van der Waals surface area (Å²) in [5, 5.41) is 0. The van der Waals surface area contributed by atoms with Gasteiger partial charge in [-0.3, -0.25) is 0 Å². The zero-order chi connectivity index (χ0) is 13.3. The molecule has 18 heavy (non-hydrogen) atoms. The number of benzene rings is 1. The number of rotatable bonds is 2. The van der Waals surface area contributed by atoms with E-state index in [0.29, 0.717) is 11.7 Å². The number of halogens is 1. The van der Waals surface area contributed by atoms with E-state index in [-0.39, 0.29) is 17.2 Å². The van der Waals surface area contributed by atoms with Crippen molar-refractivity contribution in [3.8, 4) is 5.75 Å². The molecule has 0 bridgehead atoms. The monoisotopic (exact) mass is 251 g/mol. The van der Waals surface area contributed by atoms with Crippen molar-refractivity contribution in [1.29, 1.82) is 0 Å². The minimum atomic E-state index is -0.407. The molecule has 1 aromatic carbocycles. The molecule has 2 N–H and O–H groups in total. The number of para-hydroxylation sites is 1. The van der Waals surface area contributed by atoms with Crippen molar-refractivity contribution in [3.05, 3.63) is 24.0 Å². The molecule has 1 fully saturated rings. The van der Waals surface area contributed by atoms with E-state index >= 15 is 0 Å². The zero-order valence-corrected chi connectivity index (χ0v) is 11.4. The number of ether oxygens (including phenoxy) is 1. The van der Waals surface area contributed by atoms with Gasteiger partial charge in [0.15, 0.2) is 0 Å². The van der Waals surface area contributed by atoms with Gasteiger partial charge in [0.1, 0.15) is 17.3 Å². The maximum absolute atomic E-state index is 13.4. The highest BCUT2D eigenvalue weighted by atomic mass is 19.1. The number of nitrogens with two attached hydrogens (primary N) is 1. The first-order chi connectivity index (χ1) is 8.37. The summed E-state index contributed by atoms with van der Waals surface area (Å²) in [5.41, 5.74) is 6.10. The lowest BCUT2D eigenvalue weighted by Crippen LogP contribution is -2.34. The Morgan fingerprint density at radius 3 is 2.72 bits per heavy atom. The third kappa shape index (κ3) is 2.95. The normalized spacial score (nSPS) is 26.9. The second kappa shape index (κ2) is 4.79. The van der Waals surface area contributed by atoms with E-state index < -0.39 is 5.82 Å². The molecule has 2 atom stereocenters. The highest BCUT2D eigenvalue weighted by molar-refractivity contribution is 5.53. The molecule has 1 saturated carbocycles. The van der Waals surface area contributed by atoms with Gasteiger partial charge in [-0.2, -0.15) is 0 Å². The zero-order valence-electron chi connectivity index (χ0n) is 11.4. The Kier molecular flexibility index (Phi) is 3.51. The molecule has 2 unspecified atom stereocenters. The minimum Gasteiger partial charge on any atom is -0.488 e. The summed E-state index contributed by atoms with van der Waals surface area (Å²) in [6.07, 6.45) is 3.35. The molecule has 3 heteroatoms. The van der Waals surface area contributed by atoms with E-state index in [1.807, 2.05) is 0 Å². The van der Waals surface area contributed by atoms with Crippen molar-refractivity contribution < 1.29 is 9.13 Å². The van der Waals surface area contributed by atoms with Crippen LogP contribution in [0.1, 0.15) is 40.0 Å². The SMILES string of the molecule is CC1CC(Oc2cccc(F)c2N)CC(C)(C)C1. The summed E-state index contributed by atoms with van der Waals surface area (Å²) in [4.78, 5) is 0. The summed E-state index contributed by atoms with van der Waals surface area (Å²) < 4.78 is 19.3. The molecule has 2 rings (SSSR count). The number of hydrogen-bond donors (Lipinski definition) is 1. The first kappa shape index (κ1) is 13.2. The molecule has 1 aliphatic carbocycles. The molecule has 100 valence electrons. The van der Waals surface area contributed by atoms with Crippen molar-refractivity contribution in [2.45, 2.75) is 46.1 Å². The second-order valence-electron chi connectivity index (χ2n) is 6.30. The van der Waals surface area contributed by atoms with Crippen LogP contribution in [0.2, 0.25) is 0 Å². The lowest BCUT2D eigenvalue weighted by molar-refractivity contribution is 0.0566. The van der Waals surface area contributed by atoms with Gasteiger partial charge >= 0.3 is 0 Å². The quantitative estimate of drug-likeness (QED) is 0.806. The standard InChI is InChI=1S/C15H22FNO/c1-10-7-11(9-15(2,3)8-10)18-13-6-4-5-12(16)14(13)17/h4-6,10-11H,7-9,17H2,1-3H3. The van der Waals surface area contributed by atoms with Gasteiger partial charge in [-0.15, -0.1) is 0 Å². The number of anilines is 1. The van der Waals surface area contributed by atoms with Gasteiger partial charge in [0, 0.05) is 0 Å². The van der Waals surface area contributed by atoms with Gasteiger partial charge in [-0.1, -0.05) is 26.8 Å². The summed E-state index contributed by atoms with van der Waals surface area (Å²) in [6, 6.07) is 4.73. The Labute approximate surface area is 108 Å². The van der Waals surface area contributed by atoms with Gasteiger partial charge in [0.2, 0.25) is 0 Å². The largest absolute Gasteiger partial charge is 0.488 e. The molecule has 0 saturated heterocycles. The second-order valence-corrected chi connectivity index (χ2v) is 6.30. The van der Waals surface area contributed by atoms with Crippen molar-refractivity contribution >= 4 is 5.69 Å². The van der Waals surface area contributed by atoms with Crippen LogP contribution in [0.25, 0.3) is 0 Å². The van der Waals surface area contributed by atoms with Crippen molar-refractivity contribution in [2.24, 2.45) is 11.3 Å². The first-order valence-corrected chi connectivity index (χ1v) is 6.58. The van der Waals surface area contributed by atoms with Crippen LogP contribution in [0.5, 0.6) is 5.75 Å². The Morgan fingerprint density at radius 2 is 2.06 bits per heavy atom. The number of nitrogen functional groups attached to an aromatic ring is 1. The molecular weight excluding hydrogens is 229 g/mol. The van der Waals surface area contributed by atoms with Crippen LogP contribution >= 0.6 is 0 Å². The van der Waals surface area contributed by atoms with E-state index in [1.165, 1.54) is 12.5 Å². The van der Waals surface area contributed by atoms with Crippen molar-refractivity contribution in [3.63, 3.8) is 0 Å². The first-order valence-electron chi connectivity index (χ1n) is 6.58. The molecule has 0 aliphatic heterocycles. The average molecular weight is 251 g/mol. The van der Waals surface area contributed by atoms with Crippen LogP contribution in [0.15, 0.2) is 18.2 Å². The van der Waals surface area contributed by atoms with Gasteiger partial charge in [0.05, 0.1) is 6.10 Å². The highest BCUT2D eigenvalue weighted by Crippen LogP contribution is 2.40. The third-order valence-corrected chi connectivity index (χ3v) is 3.65. The van der Waals surface area contributed by atoms with Crippen LogP contribution in [0.4, 0.5) is 10.1 Å². The van der Waals surface area contributed by atoms with Crippen LogP contribution in [-0.4, -0.2) is 6.10 Å². The molecule has 0 spiro atoms. The van der Waals surface area contributed by atoms with Crippen LogP contribution in [-0.2, 0) is 0 Å². The molecule has 0 heterocycles. The summed E-state index contributed by atoms with van der Waals surface area (Å²) in [5.74, 6) is 0.703. The molecular formula is C15H22FNO. The lowest BCUT2D eigenvalue weighted by Gasteiger charge is -2.39. The van der Waals surface area contributed by atoms with Gasteiger partial charge in [-0.05, 0) is 42.7 Å². The maximum Gasteiger partial charge on any atom is 0.149 e. The van der Waals surface area contributed by atoms with Crippen LogP contribution < -0.4 is 10.5 Å². The van der Waals surface area contributed by atoms with Crippen LogP contribution in [0, 0.1) is 17.2 Å². The van der Waals surface area contributed by atoms with E-state index in [2.05, 4.69) is 20.8 Å². The van der Waals surface area contributed by atoms with E-state index in [4.69, 9.17) is 10.5 Å². The van der Waals surface area contributed by atoms with Gasteiger partial charge in [-0.25, -0.2) is 4.39 Å². The Morgan fingerprint density at radius 1 is 1.33 bits per heavy atom. The third-order valence-electron chi connectivity index (χ3n) is 3.65. The van der Waals surface area contributed by atoms with E-state index in [0.717, 1.165) is 12.8 Å². The summed E-state index contributed by atoms with van der Waals surface area (Å²) in [6.45, 7) is 6.76. The average Bonchev–Trinajstić information content (AvgIpc) is 2.22. The smallest absolute Gasteiger partial charge is 0.149 e. The molecule has 0 amide bonds. The minimum absolute atomic E-state index is 0.119. The Hall–Kier alpha value is -1.25. The molecule has 0 aromatic heterocycles. The molecule has 1 aliphatic rings. The topological polar surface area (TPSA) is 35.2 Å².